The zero-order valence-electron chi connectivity index (χ0n) is 55.4. The first-order valence-electron chi connectivity index (χ1n) is 36.6. The van der Waals surface area contributed by atoms with Gasteiger partial charge in [0.1, 0.15) is 13.2 Å². The number of rotatable bonds is 67. The molecule has 0 N–H and O–H groups in total. The normalized spacial score (nSPS) is 12.4. The summed E-state index contributed by atoms with van der Waals surface area (Å²) >= 11 is 0. The highest BCUT2D eigenvalue weighted by molar-refractivity contribution is 5.71. The lowest BCUT2D eigenvalue weighted by Gasteiger charge is -2.18. The minimum absolute atomic E-state index is 0.0615. The molecule has 6 nitrogen and oxygen atoms in total. The first-order chi connectivity index (χ1) is 39.1. The minimum Gasteiger partial charge on any atom is -0.462 e. The van der Waals surface area contributed by atoms with Gasteiger partial charge in [-0.05, 0) is 37.0 Å². The van der Waals surface area contributed by atoms with Crippen LogP contribution in [0.25, 0.3) is 0 Å². The molecule has 0 bridgehead atoms. The average Bonchev–Trinajstić information content (AvgIpc) is 3.44. The predicted octanol–water partition coefficient (Wildman–Crippen LogP) is 25.0. The molecule has 0 aliphatic carbocycles. The Labute approximate surface area is 501 Å². The van der Waals surface area contributed by atoms with E-state index in [9.17, 15) is 14.4 Å². The molecule has 0 fully saturated rings. The maximum atomic E-state index is 13.0. The van der Waals surface area contributed by atoms with Crippen LogP contribution in [0.5, 0.6) is 0 Å². The zero-order chi connectivity index (χ0) is 58.3. The van der Waals surface area contributed by atoms with Crippen LogP contribution in [0.1, 0.15) is 420 Å². The van der Waals surface area contributed by atoms with Gasteiger partial charge in [-0.25, -0.2) is 0 Å². The number of ether oxygens (including phenoxy) is 3. The van der Waals surface area contributed by atoms with E-state index in [1.54, 1.807) is 0 Å². The number of hydrogen-bond acceptors (Lipinski definition) is 6. The lowest BCUT2D eigenvalue weighted by atomic mass is 9.99. The van der Waals surface area contributed by atoms with E-state index < -0.39 is 6.10 Å². The topological polar surface area (TPSA) is 78.9 Å². The first-order valence-corrected chi connectivity index (χ1v) is 36.6. The van der Waals surface area contributed by atoms with E-state index in [0.717, 1.165) is 75.5 Å². The molecule has 2 atom stereocenters. The fourth-order valence-corrected chi connectivity index (χ4v) is 11.6. The third-order valence-electron chi connectivity index (χ3n) is 17.5. The Morgan fingerprint density at radius 1 is 0.250 bits per heavy atom. The van der Waals surface area contributed by atoms with Gasteiger partial charge in [0.05, 0.1) is 0 Å². The van der Waals surface area contributed by atoms with Crippen molar-refractivity contribution in [3.63, 3.8) is 0 Å². The van der Waals surface area contributed by atoms with Gasteiger partial charge in [-0.15, -0.1) is 0 Å². The Morgan fingerprint density at radius 3 is 0.650 bits per heavy atom. The summed E-state index contributed by atoms with van der Waals surface area (Å²) in [5, 5.41) is 0. The SMILES string of the molecule is CCC(C)CCCCCCCCCCCCCCCCCCCCC(=O)OC[C@H](COC(=O)CCCCCCCCCCCCCCCCCCCCC(C)C)OC(=O)CCCCCCCCCCCCCCCCCCC(C)C. The van der Waals surface area contributed by atoms with Gasteiger partial charge < -0.3 is 14.2 Å². The summed E-state index contributed by atoms with van der Waals surface area (Å²) in [5.74, 6) is 1.80. The van der Waals surface area contributed by atoms with Crippen LogP contribution in [0.4, 0.5) is 0 Å². The van der Waals surface area contributed by atoms with E-state index in [1.165, 1.54) is 302 Å². The third-order valence-corrected chi connectivity index (χ3v) is 17.5. The second-order valence-corrected chi connectivity index (χ2v) is 26.8. The Kier molecular flexibility index (Phi) is 63.7. The zero-order valence-corrected chi connectivity index (χ0v) is 55.4. The van der Waals surface area contributed by atoms with Crippen LogP contribution in [0.15, 0.2) is 0 Å². The van der Waals surface area contributed by atoms with E-state index in [4.69, 9.17) is 14.2 Å². The van der Waals surface area contributed by atoms with E-state index in [1.807, 2.05) is 0 Å². The van der Waals surface area contributed by atoms with Crippen LogP contribution in [0.2, 0.25) is 0 Å². The second-order valence-electron chi connectivity index (χ2n) is 26.8. The summed E-state index contributed by atoms with van der Waals surface area (Å²) in [6.07, 6.45) is 74.0. The summed E-state index contributed by atoms with van der Waals surface area (Å²) in [6.45, 7) is 13.9. The largest absolute Gasteiger partial charge is 0.462 e. The molecular weight excluding hydrogens is 985 g/mol. The summed E-state index contributed by atoms with van der Waals surface area (Å²) < 4.78 is 17.1. The predicted molar refractivity (Wildman–Crippen MR) is 349 cm³/mol. The van der Waals surface area contributed by atoms with Crippen LogP contribution in [0.3, 0.4) is 0 Å². The van der Waals surface area contributed by atoms with Crippen molar-refractivity contribution >= 4 is 17.9 Å². The third kappa shape index (κ3) is 65.6. The van der Waals surface area contributed by atoms with Crippen molar-refractivity contribution in [3.8, 4) is 0 Å². The van der Waals surface area contributed by atoms with Crippen LogP contribution in [-0.2, 0) is 28.6 Å². The summed E-state index contributed by atoms with van der Waals surface area (Å²) in [7, 11) is 0. The Morgan fingerprint density at radius 2 is 0.438 bits per heavy atom. The molecule has 1 unspecified atom stereocenters. The second kappa shape index (κ2) is 65.0. The number of carbonyl (C=O) groups is 3. The van der Waals surface area contributed by atoms with Crippen molar-refractivity contribution in [1.82, 2.24) is 0 Å². The van der Waals surface area contributed by atoms with Crippen LogP contribution < -0.4 is 0 Å². The highest BCUT2D eigenvalue weighted by Crippen LogP contribution is 2.21. The van der Waals surface area contributed by atoms with Crippen molar-refractivity contribution in [2.75, 3.05) is 13.2 Å². The van der Waals surface area contributed by atoms with Gasteiger partial charge in [-0.2, -0.15) is 0 Å². The van der Waals surface area contributed by atoms with Gasteiger partial charge in [0.2, 0.25) is 0 Å². The molecule has 0 aliphatic rings. The lowest BCUT2D eigenvalue weighted by Crippen LogP contribution is -2.30. The van der Waals surface area contributed by atoms with Gasteiger partial charge in [0.25, 0.3) is 0 Å². The fourth-order valence-electron chi connectivity index (χ4n) is 11.6. The number of hydrogen-bond donors (Lipinski definition) is 0. The molecule has 0 saturated carbocycles. The Balaban J connectivity index is 4.27. The van der Waals surface area contributed by atoms with Crippen LogP contribution >= 0.6 is 0 Å². The van der Waals surface area contributed by atoms with Gasteiger partial charge in [-0.1, -0.05) is 382 Å². The Bertz CT molecular complexity index is 1250. The van der Waals surface area contributed by atoms with E-state index in [2.05, 4.69) is 41.5 Å². The van der Waals surface area contributed by atoms with Crippen molar-refractivity contribution in [2.45, 2.75) is 426 Å². The van der Waals surface area contributed by atoms with Crippen LogP contribution in [-0.4, -0.2) is 37.2 Å². The molecule has 80 heavy (non-hydrogen) atoms. The van der Waals surface area contributed by atoms with Crippen molar-refractivity contribution < 1.29 is 28.6 Å². The van der Waals surface area contributed by atoms with Gasteiger partial charge >= 0.3 is 17.9 Å². The summed E-state index contributed by atoms with van der Waals surface area (Å²) in [5.41, 5.74) is 0. The molecule has 0 rings (SSSR count). The minimum atomic E-state index is -0.766. The van der Waals surface area contributed by atoms with Crippen molar-refractivity contribution in [3.05, 3.63) is 0 Å². The first kappa shape index (κ1) is 78.4. The molecular formula is C74H144O6. The van der Waals surface area contributed by atoms with Gasteiger partial charge in [-0.3, -0.25) is 14.4 Å². The maximum Gasteiger partial charge on any atom is 0.306 e. The smallest absolute Gasteiger partial charge is 0.306 e. The summed E-state index contributed by atoms with van der Waals surface area (Å²) in [4.78, 5) is 38.5. The molecule has 0 aromatic carbocycles. The quantitative estimate of drug-likeness (QED) is 0.0343. The fraction of sp³-hybridized carbons (Fsp3) is 0.959. The van der Waals surface area contributed by atoms with Crippen molar-refractivity contribution in [2.24, 2.45) is 17.8 Å². The highest BCUT2D eigenvalue weighted by atomic mass is 16.6. The molecule has 476 valence electrons. The molecule has 0 aliphatic heterocycles. The molecule has 0 aromatic heterocycles. The molecule has 6 heteroatoms. The van der Waals surface area contributed by atoms with E-state index in [0.29, 0.717) is 19.3 Å². The summed E-state index contributed by atoms with van der Waals surface area (Å²) in [6, 6.07) is 0. The van der Waals surface area contributed by atoms with Gasteiger partial charge in [0, 0.05) is 19.3 Å². The Hall–Kier alpha value is -1.59. The molecule has 0 spiro atoms. The number of carbonyl (C=O) groups excluding carboxylic acids is 3. The molecule has 0 amide bonds. The standard InChI is InChI=1S/C74H144O6/c1-7-70(6)62-56-50-44-38-32-26-20-13-9-11-15-22-28-34-40-46-52-58-64-73(76)79-67-71(80-74(77)65-59-53-47-41-35-29-23-17-16-19-25-31-37-43-49-55-61-69(4)5)66-78-72(75)63-57-51-45-39-33-27-21-14-10-8-12-18-24-30-36-42-48-54-60-68(2)3/h68-71H,7-67H2,1-6H3/t70?,71-/m0/s1. The van der Waals surface area contributed by atoms with Crippen molar-refractivity contribution in [1.29, 1.82) is 0 Å². The lowest BCUT2D eigenvalue weighted by molar-refractivity contribution is -0.167. The van der Waals surface area contributed by atoms with E-state index >= 15 is 0 Å². The van der Waals surface area contributed by atoms with Gasteiger partial charge in [0.15, 0.2) is 6.10 Å². The monoisotopic (exact) mass is 1130 g/mol. The molecule has 0 saturated heterocycles. The number of unbranched alkanes of at least 4 members (excludes halogenated alkanes) is 49. The van der Waals surface area contributed by atoms with E-state index in [-0.39, 0.29) is 31.1 Å². The number of esters is 3. The molecule has 0 radical (unpaired) electrons. The highest BCUT2D eigenvalue weighted by Gasteiger charge is 2.20. The maximum absolute atomic E-state index is 13.0. The molecule has 0 aromatic rings. The average molecular weight is 1130 g/mol. The van der Waals surface area contributed by atoms with Crippen LogP contribution in [0, 0.1) is 17.8 Å². The molecule has 0 heterocycles.